The van der Waals surface area contributed by atoms with Crippen LogP contribution in [-0.4, -0.2) is 46.9 Å². The van der Waals surface area contributed by atoms with Crippen LogP contribution in [0.1, 0.15) is 48.9 Å². The fraction of sp³-hybridized carbons (Fsp3) is 0.500. The van der Waals surface area contributed by atoms with Gasteiger partial charge in [-0.2, -0.15) is 0 Å². The molecule has 9 heteroatoms. The van der Waals surface area contributed by atoms with Crippen molar-refractivity contribution in [3.05, 3.63) is 58.4 Å². The number of hydrogen-bond acceptors (Lipinski definition) is 7. The first-order valence-corrected chi connectivity index (χ1v) is 11.4. The van der Waals surface area contributed by atoms with Crippen LogP contribution in [0.2, 0.25) is 5.02 Å². The minimum Gasteiger partial charge on any atom is -0.424 e. The van der Waals surface area contributed by atoms with Gasteiger partial charge in [-0.1, -0.05) is 23.7 Å². The van der Waals surface area contributed by atoms with E-state index in [2.05, 4.69) is 31.3 Å². The molecule has 1 aliphatic carbocycles. The monoisotopic (exact) mass is 440 g/mol. The molecule has 4 heterocycles. The van der Waals surface area contributed by atoms with Gasteiger partial charge in [-0.25, -0.2) is 5.43 Å². The Bertz CT molecular complexity index is 1020. The highest BCUT2D eigenvalue weighted by molar-refractivity contribution is 6.30. The number of carbonyl (C=O) groups excluding carboxylic acids is 1. The average molecular weight is 441 g/mol. The number of carbonyl (C=O) groups is 1. The topological polar surface area (TPSA) is 95.3 Å². The summed E-state index contributed by atoms with van der Waals surface area (Å²) in [5.74, 6) is 1.44. The molecule has 0 spiro atoms. The Labute approximate surface area is 185 Å². The van der Waals surface area contributed by atoms with Crippen molar-refractivity contribution in [1.82, 2.24) is 31.3 Å². The van der Waals surface area contributed by atoms with Crippen molar-refractivity contribution in [2.75, 3.05) is 19.6 Å². The van der Waals surface area contributed by atoms with Crippen LogP contribution in [0.25, 0.3) is 0 Å². The smallest absolute Gasteiger partial charge is 0.247 e. The van der Waals surface area contributed by atoms with E-state index in [0.717, 1.165) is 50.0 Å². The summed E-state index contributed by atoms with van der Waals surface area (Å²) in [5.41, 5.74) is 5.47. The van der Waals surface area contributed by atoms with E-state index in [4.69, 9.17) is 16.0 Å². The number of rotatable bonds is 4. The van der Waals surface area contributed by atoms with Gasteiger partial charge in [-0.05, 0) is 56.5 Å². The molecule has 3 fully saturated rings. The Hall–Kier alpha value is -2.42. The molecule has 2 aromatic rings. The molecule has 1 aromatic carbocycles. The maximum atomic E-state index is 12.5. The summed E-state index contributed by atoms with van der Waals surface area (Å²) in [6.07, 6.45) is 5.54. The molecule has 1 saturated carbocycles. The van der Waals surface area contributed by atoms with E-state index >= 15 is 0 Å². The van der Waals surface area contributed by atoms with Crippen LogP contribution in [0.15, 0.2) is 40.5 Å². The van der Waals surface area contributed by atoms with Gasteiger partial charge in [-0.3, -0.25) is 9.80 Å². The van der Waals surface area contributed by atoms with E-state index in [-0.39, 0.29) is 23.4 Å². The zero-order chi connectivity index (χ0) is 21.0. The third kappa shape index (κ3) is 3.24. The molecule has 2 saturated heterocycles. The first-order chi connectivity index (χ1) is 15.1. The van der Waals surface area contributed by atoms with Gasteiger partial charge in [0.25, 0.3) is 0 Å². The molecule has 6 rings (SSSR count). The van der Waals surface area contributed by atoms with Gasteiger partial charge in [0, 0.05) is 29.3 Å². The molecule has 2 atom stereocenters. The van der Waals surface area contributed by atoms with Crippen molar-refractivity contribution in [2.24, 2.45) is 5.92 Å². The second kappa shape index (κ2) is 7.32. The molecule has 4 aliphatic rings. The summed E-state index contributed by atoms with van der Waals surface area (Å²) < 4.78 is 6.24. The molecule has 2 unspecified atom stereocenters. The fourth-order valence-electron chi connectivity index (χ4n) is 5.15. The summed E-state index contributed by atoms with van der Waals surface area (Å²) in [5, 5.41) is 18.1. The van der Waals surface area contributed by atoms with E-state index in [0.29, 0.717) is 29.3 Å². The lowest BCUT2D eigenvalue weighted by molar-refractivity contribution is -0.119. The molecule has 0 radical (unpaired) electrons. The van der Waals surface area contributed by atoms with Gasteiger partial charge in [0.2, 0.25) is 17.7 Å². The zero-order valence-electron chi connectivity index (χ0n) is 17.1. The van der Waals surface area contributed by atoms with Gasteiger partial charge in [-0.15, -0.1) is 10.2 Å². The van der Waals surface area contributed by atoms with Gasteiger partial charge in [0.05, 0.1) is 11.3 Å². The van der Waals surface area contributed by atoms with Crippen molar-refractivity contribution in [2.45, 2.75) is 43.2 Å². The predicted molar refractivity (Wildman–Crippen MR) is 114 cm³/mol. The summed E-state index contributed by atoms with van der Waals surface area (Å²) in [7, 11) is 0. The van der Waals surface area contributed by atoms with Crippen LogP contribution in [0.4, 0.5) is 0 Å². The predicted octanol–water partition coefficient (Wildman–Crippen LogP) is 2.05. The maximum Gasteiger partial charge on any atom is 0.247 e. The lowest BCUT2D eigenvalue weighted by Crippen LogP contribution is -2.53. The van der Waals surface area contributed by atoms with Crippen molar-refractivity contribution < 1.29 is 9.21 Å². The minimum absolute atomic E-state index is 0.0527. The van der Waals surface area contributed by atoms with Crippen molar-refractivity contribution >= 4 is 17.5 Å². The summed E-state index contributed by atoms with van der Waals surface area (Å²) in [4.78, 5) is 12.5. The van der Waals surface area contributed by atoms with Crippen molar-refractivity contribution in [3.63, 3.8) is 0 Å². The lowest BCUT2D eigenvalue weighted by Gasteiger charge is -2.38. The standard InChI is InChI=1S/C22H25ClN6O2/c23-15-3-1-14(2-4-15)22(7-8-22)21-28-27-20(31-21)16-12-25-29-17(11-18(30)26-19(16)29)13-5-9-24-10-6-13/h1-4,11,13,16,19,24-25H,5-10,12H2,(H,26,30). The van der Waals surface area contributed by atoms with E-state index in [1.807, 2.05) is 24.3 Å². The van der Waals surface area contributed by atoms with Crippen LogP contribution in [0, 0.1) is 5.92 Å². The highest BCUT2D eigenvalue weighted by atomic mass is 35.5. The maximum absolute atomic E-state index is 12.5. The number of fused-ring (bicyclic) bond motifs is 1. The number of allylic oxidation sites excluding steroid dienone is 1. The number of aromatic nitrogens is 2. The Morgan fingerprint density at radius 1 is 1.13 bits per heavy atom. The van der Waals surface area contributed by atoms with Crippen LogP contribution >= 0.6 is 11.6 Å². The summed E-state index contributed by atoms with van der Waals surface area (Å²) >= 11 is 6.06. The largest absolute Gasteiger partial charge is 0.424 e. The summed E-state index contributed by atoms with van der Waals surface area (Å²) in [6, 6.07) is 7.88. The van der Waals surface area contributed by atoms with Crippen LogP contribution < -0.4 is 16.1 Å². The molecular formula is C22H25ClN6O2. The molecule has 1 aromatic heterocycles. The number of nitrogens with one attached hydrogen (secondary N) is 3. The first-order valence-electron chi connectivity index (χ1n) is 11.0. The van der Waals surface area contributed by atoms with Gasteiger partial charge in [0.15, 0.2) is 0 Å². The Morgan fingerprint density at radius 2 is 1.90 bits per heavy atom. The molecule has 31 heavy (non-hydrogen) atoms. The summed E-state index contributed by atoms with van der Waals surface area (Å²) in [6.45, 7) is 2.60. The van der Waals surface area contributed by atoms with E-state index in [1.165, 1.54) is 0 Å². The third-order valence-corrected chi connectivity index (χ3v) is 7.31. The van der Waals surface area contributed by atoms with Crippen LogP contribution in [0.3, 0.4) is 0 Å². The molecule has 3 aliphatic heterocycles. The second-order valence-electron chi connectivity index (χ2n) is 8.92. The fourth-order valence-corrected chi connectivity index (χ4v) is 5.27. The van der Waals surface area contributed by atoms with E-state index < -0.39 is 0 Å². The Kier molecular flexibility index (Phi) is 4.55. The molecule has 3 N–H and O–H groups in total. The van der Waals surface area contributed by atoms with Crippen LogP contribution in [0.5, 0.6) is 0 Å². The Morgan fingerprint density at radius 3 is 2.65 bits per heavy atom. The van der Waals surface area contributed by atoms with Gasteiger partial charge in [0.1, 0.15) is 6.17 Å². The van der Waals surface area contributed by atoms with Crippen molar-refractivity contribution in [3.8, 4) is 0 Å². The molecule has 1 amide bonds. The first kappa shape index (κ1) is 19.3. The number of benzene rings is 1. The highest BCUT2D eigenvalue weighted by Gasteiger charge is 2.52. The molecule has 8 nitrogen and oxygen atoms in total. The zero-order valence-corrected chi connectivity index (χ0v) is 17.9. The van der Waals surface area contributed by atoms with Gasteiger partial charge >= 0.3 is 0 Å². The lowest BCUT2D eigenvalue weighted by atomic mass is 9.92. The SMILES string of the molecule is O=C1C=C(C2CCNCC2)N2NCC(c3nnc(C4(c5ccc(Cl)cc5)CC4)o3)C2N1. The number of amides is 1. The highest BCUT2D eigenvalue weighted by Crippen LogP contribution is 2.53. The Balaban J connectivity index is 1.25. The average Bonchev–Trinajstić information content (AvgIpc) is 3.25. The molecule has 0 bridgehead atoms. The van der Waals surface area contributed by atoms with E-state index in [9.17, 15) is 4.79 Å². The van der Waals surface area contributed by atoms with Gasteiger partial charge < -0.3 is 15.1 Å². The second-order valence-corrected chi connectivity index (χ2v) is 9.36. The number of hydrogen-bond donors (Lipinski definition) is 3. The number of piperidine rings is 1. The number of hydrazine groups is 1. The van der Waals surface area contributed by atoms with Crippen molar-refractivity contribution in [1.29, 1.82) is 0 Å². The molecular weight excluding hydrogens is 416 g/mol. The van der Waals surface area contributed by atoms with E-state index in [1.54, 1.807) is 6.08 Å². The third-order valence-electron chi connectivity index (χ3n) is 7.06. The van der Waals surface area contributed by atoms with Crippen LogP contribution in [-0.2, 0) is 10.2 Å². The number of nitrogens with zero attached hydrogens (tertiary/aromatic N) is 3. The quantitative estimate of drug-likeness (QED) is 0.669. The number of halogens is 1. The minimum atomic E-state index is -0.221. The normalized spacial score (nSPS) is 27.6. The molecule has 162 valence electrons.